The van der Waals surface area contributed by atoms with Crippen LogP contribution in [0.25, 0.3) is 11.3 Å². The number of hydrogen-bond acceptors (Lipinski definition) is 4. The first-order valence-electron chi connectivity index (χ1n) is 12.1. The molecule has 180 valence electrons. The van der Waals surface area contributed by atoms with E-state index in [4.69, 9.17) is 0 Å². The largest absolute Gasteiger partial charge is 0.351 e. The molecule has 1 atom stereocenters. The van der Waals surface area contributed by atoms with E-state index in [9.17, 15) is 9.59 Å². The van der Waals surface area contributed by atoms with Gasteiger partial charge in [0.05, 0.1) is 6.54 Å². The molecule has 2 N–H and O–H groups in total. The van der Waals surface area contributed by atoms with Gasteiger partial charge in [-0.3, -0.25) is 9.59 Å². The molecule has 1 saturated carbocycles. The summed E-state index contributed by atoms with van der Waals surface area (Å²) in [6.07, 6.45) is 5.49. The number of aromatic nitrogens is 1. The van der Waals surface area contributed by atoms with Crippen molar-refractivity contribution in [1.82, 2.24) is 15.2 Å². The SMILES string of the molecule is O=C(NC1CCCCC1)[C@H](c1cccs1)N(Cc1cccs1)C(=O)c1ccc(-c2ccccc2)[nH]1. The number of hydrogen-bond donors (Lipinski definition) is 2. The van der Waals surface area contributed by atoms with Crippen LogP contribution in [0.5, 0.6) is 0 Å². The zero-order valence-electron chi connectivity index (χ0n) is 19.5. The molecule has 4 aromatic rings. The molecule has 0 spiro atoms. The fourth-order valence-electron chi connectivity index (χ4n) is 4.71. The van der Waals surface area contributed by atoms with Crippen LogP contribution in [0.1, 0.15) is 58.4 Å². The number of carbonyl (C=O) groups excluding carboxylic acids is 2. The first-order chi connectivity index (χ1) is 17.2. The maximum atomic E-state index is 14.0. The fraction of sp³-hybridized carbons (Fsp3) is 0.286. The third-order valence-corrected chi connectivity index (χ3v) is 8.28. The Hall–Kier alpha value is -3.16. The smallest absolute Gasteiger partial charge is 0.271 e. The molecule has 35 heavy (non-hydrogen) atoms. The normalized spacial score (nSPS) is 15.0. The summed E-state index contributed by atoms with van der Waals surface area (Å²) in [5.74, 6) is -0.281. The van der Waals surface area contributed by atoms with Gasteiger partial charge in [0, 0.05) is 21.5 Å². The lowest BCUT2D eigenvalue weighted by molar-refractivity contribution is -0.127. The summed E-state index contributed by atoms with van der Waals surface area (Å²) in [4.78, 5) is 34.6. The summed E-state index contributed by atoms with van der Waals surface area (Å²) in [6.45, 7) is 0.372. The van der Waals surface area contributed by atoms with Gasteiger partial charge in [0.25, 0.3) is 5.91 Å². The second-order valence-electron chi connectivity index (χ2n) is 8.93. The monoisotopic (exact) mass is 503 g/mol. The molecule has 5 nitrogen and oxygen atoms in total. The highest BCUT2D eigenvalue weighted by molar-refractivity contribution is 7.10. The molecule has 3 heterocycles. The van der Waals surface area contributed by atoms with Crippen LogP contribution >= 0.6 is 22.7 Å². The van der Waals surface area contributed by atoms with Gasteiger partial charge < -0.3 is 15.2 Å². The third-order valence-electron chi connectivity index (χ3n) is 6.49. The molecule has 2 amide bonds. The summed E-state index contributed by atoms with van der Waals surface area (Å²) >= 11 is 3.11. The first kappa shape index (κ1) is 23.6. The van der Waals surface area contributed by atoms with Crippen LogP contribution in [-0.2, 0) is 11.3 Å². The lowest BCUT2D eigenvalue weighted by Gasteiger charge is -2.32. The van der Waals surface area contributed by atoms with Gasteiger partial charge in [-0.25, -0.2) is 0 Å². The van der Waals surface area contributed by atoms with E-state index in [0.29, 0.717) is 12.2 Å². The van der Waals surface area contributed by atoms with Gasteiger partial charge in [-0.1, -0.05) is 61.7 Å². The second kappa shape index (κ2) is 11.1. The Labute approximate surface area is 213 Å². The van der Waals surface area contributed by atoms with Crippen molar-refractivity contribution in [2.75, 3.05) is 0 Å². The molecule has 1 aliphatic rings. The molecule has 3 aromatic heterocycles. The van der Waals surface area contributed by atoms with Gasteiger partial charge in [0.2, 0.25) is 5.91 Å². The van der Waals surface area contributed by atoms with E-state index in [2.05, 4.69) is 10.3 Å². The van der Waals surface area contributed by atoms with E-state index in [1.807, 2.05) is 77.5 Å². The van der Waals surface area contributed by atoms with Crippen molar-refractivity contribution < 1.29 is 9.59 Å². The highest BCUT2D eigenvalue weighted by Gasteiger charge is 2.35. The number of nitrogens with one attached hydrogen (secondary N) is 2. The first-order valence-corrected chi connectivity index (χ1v) is 13.9. The Bertz CT molecular complexity index is 1230. The molecule has 0 aliphatic heterocycles. The van der Waals surface area contributed by atoms with E-state index >= 15 is 0 Å². The van der Waals surface area contributed by atoms with Crippen molar-refractivity contribution in [2.24, 2.45) is 0 Å². The molecule has 0 saturated heterocycles. The second-order valence-corrected chi connectivity index (χ2v) is 10.9. The Morgan fingerprint density at radius 3 is 2.40 bits per heavy atom. The molecule has 0 radical (unpaired) electrons. The van der Waals surface area contributed by atoms with Crippen LogP contribution in [0.2, 0.25) is 0 Å². The van der Waals surface area contributed by atoms with E-state index < -0.39 is 6.04 Å². The molecule has 0 unspecified atom stereocenters. The summed E-state index contributed by atoms with van der Waals surface area (Å²) < 4.78 is 0. The minimum absolute atomic E-state index is 0.0981. The number of benzene rings is 1. The van der Waals surface area contributed by atoms with Gasteiger partial charge in [-0.15, -0.1) is 22.7 Å². The fourth-order valence-corrected chi connectivity index (χ4v) is 6.25. The Kier molecular flexibility index (Phi) is 7.45. The highest BCUT2D eigenvalue weighted by atomic mass is 32.1. The van der Waals surface area contributed by atoms with Crippen molar-refractivity contribution in [3.05, 3.63) is 92.9 Å². The van der Waals surface area contributed by atoms with Crippen LogP contribution in [0, 0.1) is 0 Å². The quantitative estimate of drug-likeness (QED) is 0.283. The van der Waals surface area contributed by atoms with Crippen LogP contribution in [0.4, 0.5) is 0 Å². The number of aromatic amines is 1. The van der Waals surface area contributed by atoms with Crippen LogP contribution in [0.3, 0.4) is 0 Å². The number of carbonyl (C=O) groups is 2. The lowest BCUT2D eigenvalue weighted by Crippen LogP contribution is -2.46. The van der Waals surface area contributed by atoms with E-state index in [1.54, 1.807) is 16.2 Å². The maximum absolute atomic E-state index is 14.0. The average molecular weight is 504 g/mol. The summed E-state index contributed by atoms with van der Waals surface area (Å²) in [6, 6.07) is 21.1. The molecular formula is C28H29N3O2S2. The van der Waals surface area contributed by atoms with Gasteiger partial charge in [0.15, 0.2) is 0 Å². The molecule has 0 bridgehead atoms. The van der Waals surface area contributed by atoms with Gasteiger partial charge >= 0.3 is 0 Å². The Morgan fingerprint density at radius 2 is 1.69 bits per heavy atom. The molecule has 1 fully saturated rings. The highest BCUT2D eigenvalue weighted by Crippen LogP contribution is 2.31. The van der Waals surface area contributed by atoms with E-state index in [-0.39, 0.29) is 17.9 Å². The molecule has 7 heteroatoms. The van der Waals surface area contributed by atoms with Gasteiger partial charge in [-0.05, 0) is 53.4 Å². The molecule has 1 aliphatic carbocycles. The van der Waals surface area contributed by atoms with Crippen molar-refractivity contribution in [3.8, 4) is 11.3 Å². The number of amides is 2. The predicted molar refractivity (Wildman–Crippen MR) is 142 cm³/mol. The van der Waals surface area contributed by atoms with E-state index in [0.717, 1.165) is 46.7 Å². The summed E-state index contributed by atoms with van der Waals surface area (Å²) in [5, 5.41) is 7.24. The van der Waals surface area contributed by atoms with Gasteiger partial charge in [-0.2, -0.15) is 0 Å². The predicted octanol–water partition coefficient (Wildman–Crippen LogP) is 6.64. The Balaban J connectivity index is 1.47. The standard InChI is InChI=1S/C28H29N3O2S2/c32-27(29-21-11-5-2-6-12-21)26(25-14-8-18-35-25)31(19-22-13-7-17-34-22)28(33)24-16-15-23(30-24)20-9-3-1-4-10-20/h1,3-4,7-10,13-18,21,26,30H,2,5-6,11-12,19H2,(H,29,32)/t26-/m0/s1. The topological polar surface area (TPSA) is 65.2 Å². The Morgan fingerprint density at radius 1 is 0.914 bits per heavy atom. The van der Waals surface area contributed by atoms with Gasteiger partial charge in [0.1, 0.15) is 11.7 Å². The number of H-pyrrole nitrogens is 1. The minimum Gasteiger partial charge on any atom is -0.351 e. The number of thiophene rings is 2. The third kappa shape index (κ3) is 5.57. The van der Waals surface area contributed by atoms with Crippen molar-refractivity contribution in [3.63, 3.8) is 0 Å². The van der Waals surface area contributed by atoms with Crippen molar-refractivity contribution in [2.45, 2.75) is 50.7 Å². The average Bonchev–Trinajstić information content (AvgIpc) is 3.68. The zero-order valence-corrected chi connectivity index (χ0v) is 21.1. The lowest BCUT2D eigenvalue weighted by atomic mass is 9.95. The summed E-state index contributed by atoms with van der Waals surface area (Å²) in [5.41, 5.74) is 2.37. The number of rotatable bonds is 8. The van der Waals surface area contributed by atoms with Crippen LogP contribution in [0.15, 0.2) is 77.5 Å². The number of nitrogens with zero attached hydrogens (tertiary/aromatic N) is 1. The van der Waals surface area contributed by atoms with Crippen LogP contribution in [-0.4, -0.2) is 27.7 Å². The van der Waals surface area contributed by atoms with Crippen LogP contribution < -0.4 is 5.32 Å². The van der Waals surface area contributed by atoms with Crippen molar-refractivity contribution in [1.29, 1.82) is 0 Å². The molecular weight excluding hydrogens is 474 g/mol. The minimum atomic E-state index is -0.685. The maximum Gasteiger partial charge on any atom is 0.271 e. The van der Waals surface area contributed by atoms with Crippen molar-refractivity contribution >= 4 is 34.5 Å². The van der Waals surface area contributed by atoms with E-state index in [1.165, 1.54) is 17.8 Å². The molecule has 1 aromatic carbocycles. The zero-order chi connectivity index (χ0) is 24.0. The summed E-state index contributed by atoms with van der Waals surface area (Å²) in [7, 11) is 0. The molecule has 5 rings (SSSR count).